The van der Waals surface area contributed by atoms with Gasteiger partial charge in [0.15, 0.2) is 35.2 Å². The summed E-state index contributed by atoms with van der Waals surface area (Å²) in [5, 5.41) is 71.4. The number of hydrogen-bond acceptors (Lipinski definition) is 10. The molecule has 3 atom stereocenters. The Morgan fingerprint density at radius 1 is 0.838 bits per heavy atom. The molecule has 0 bridgehead atoms. The number of halogens is 1. The van der Waals surface area contributed by atoms with Crippen LogP contribution >= 0.6 is 6.88 Å². The first-order valence-corrected chi connectivity index (χ1v) is 15.0. The van der Waals surface area contributed by atoms with Crippen molar-refractivity contribution in [2.75, 3.05) is 0 Å². The number of aliphatic hydroxyl groups excluding tert-OH is 3. The number of carboxylic acid groups (broad SMARTS) is 1. The molecular weight excluding hydrogens is 622 g/mol. The van der Waals surface area contributed by atoms with Crippen LogP contribution in [0.4, 0.5) is 0 Å². The van der Waals surface area contributed by atoms with E-state index in [-0.39, 0.29) is 69.9 Å². The fraction of sp³-hybridized carbons (Fsp3) is 0.417. The summed E-state index contributed by atoms with van der Waals surface area (Å²) in [6, 6.07) is 7.98. The Morgan fingerprint density at radius 2 is 1.19 bits per heavy atom. The monoisotopic (exact) mass is 660 g/mol. The summed E-state index contributed by atoms with van der Waals surface area (Å²) >= 11 is -0.243. The Morgan fingerprint density at radius 3 is 1.49 bits per heavy atom. The summed E-state index contributed by atoms with van der Waals surface area (Å²) < 4.78 is 11.1. The van der Waals surface area contributed by atoms with Crippen molar-refractivity contribution >= 4 is 18.8 Å². The number of aliphatic hydroxyl groups is 3. The molecule has 0 heterocycles. The zero-order chi connectivity index (χ0) is 30.0. The average molecular weight is 660 g/mol. The van der Waals surface area contributed by atoms with E-state index in [4.69, 9.17) is 36.0 Å². The minimum atomic E-state index is -1.50. The van der Waals surface area contributed by atoms with Crippen LogP contribution in [0.1, 0.15) is 38.8 Å². The Hall–Kier alpha value is -2.38. The zero-order valence-corrected chi connectivity index (χ0v) is 24.3. The van der Waals surface area contributed by atoms with Gasteiger partial charge in [0.1, 0.15) is 0 Å². The van der Waals surface area contributed by atoms with Gasteiger partial charge in [0.25, 0.3) is 0 Å². The second-order valence-electron chi connectivity index (χ2n) is 8.00. The van der Waals surface area contributed by atoms with Crippen molar-refractivity contribution in [2.24, 2.45) is 0 Å². The van der Waals surface area contributed by atoms with E-state index in [0.717, 1.165) is 0 Å². The van der Waals surface area contributed by atoms with Gasteiger partial charge in [-0.15, -0.1) is 0 Å². The van der Waals surface area contributed by atoms with Crippen molar-refractivity contribution in [3.8, 4) is 23.0 Å². The summed E-state index contributed by atoms with van der Waals surface area (Å²) in [7, 11) is 0. The molecule has 0 radical (unpaired) electrons. The molecule has 0 saturated carbocycles. The van der Waals surface area contributed by atoms with Crippen LogP contribution in [0.3, 0.4) is 0 Å². The SMILES string of the molecule is CC(C)O.CC(C)OC(=O)C(O)Cc1ccc(O)c(O)c1.O=C(O)C(O)Cc1ccc(O)c(O)c1.[2H][I-]P. The number of phenols is 4. The van der Waals surface area contributed by atoms with Crippen molar-refractivity contribution in [3.63, 3.8) is 0 Å². The molecule has 0 aliphatic heterocycles. The van der Waals surface area contributed by atoms with Gasteiger partial charge in [-0.05, 0) is 63.1 Å². The number of ether oxygens (including phenoxy) is 1. The number of phenolic OH excluding ortho intramolecular Hbond substituents is 4. The standard InChI is InChI=1S/C12H16O5.C9H10O5.C3H8O.H3IP/c1-7(2)17-12(16)11(15)6-8-3-4-9(13)10(14)5-8;10-6-2-1-5(3-7(6)11)4-8(12)9(13)14;1-3(2)4;1-2/h3-5,7,11,13-15H,6H2,1-2H3;1-3,8,10-12H,4H2,(H,13,14);3-4H,1-2H3;1H,2H2/q;;;-1/i;;;1D. The maximum atomic E-state index is 11.3. The molecule has 0 aromatic heterocycles. The number of carboxylic acids is 1. The first kappa shape index (κ1) is 34.6. The molecule has 0 fully saturated rings. The molecule has 13 heteroatoms. The van der Waals surface area contributed by atoms with Crippen molar-refractivity contribution < 1.29 is 77.0 Å². The topological polar surface area (TPSA) is 205 Å². The number of carbonyl (C=O) groups excluding carboxylic acids is 1. The number of benzene rings is 2. The number of aliphatic carboxylic acids is 1. The van der Waals surface area contributed by atoms with E-state index in [2.05, 4.69) is 6.88 Å². The van der Waals surface area contributed by atoms with Crippen molar-refractivity contribution in [2.45, 2.75) is 65.0 Å². The molecule has 0 aliphatic carbocycles. The number of hydrogen-bond donors (Lipinski definition) is 8. The number of carbonyl (C=O) groups is 2. The normalized spacial score (nSPS) is 12.0. The molecule has 212 valence electrons. The molecule has 0 saturated heterocycles. The van der Waals surface area contributed by atoms with E-state index < -0.39 is 24.1 Å². The fourth-order valence-electron chi connectivity index (χ4n) is 2.32. The average Bonchev–Trinajstić information content (AvgIpc) is 2.79. The third kappa shape index (κ3) is 17.7. The van der Waals surface area contributed by atoms with Gasteiger partial charge in [-0.2, -0.15) is 0 Å². The van der Waals surface area contributed by atoms with Gasteiger partial charge >= 0.3 is 41.3 Å². The van der Waals surface area contributed by atoms with E-state index >= 15 is 0 Å². The van der Waals surface area contributed by atoms with Crippen LogP contribution in [0.2, 0.25) is 0 Å². The number of rotatable bonds is 7. The molecule has 0 aliphatic rings. The third-order valence-corrected chi connectivity index (χ3v) is 3.85. The van der Waals surface area contributed by atoms with Crippen LogP contribution in [0.25, 0.3) is 0 Å². The number of esters is 1. The predicted molar refractivity (Wildman–Crippen MR) is 136 cm³/mol. The van der Waals surface area contributed by atoms with E-state index in [1.54, 1.807) is 27.7 Å². The van der Waals surface area contributed by atoms with Gasteiger partial charge in [-0.25, -0.2) is 9.59 Å². The minimum absolute atomic E-state index is 0.0272. The Balaban J connectivity index is 0. The van der Waals surface area contributed by atoms with Gasteiger partial charge in [-0.3, -0.25) is 0 Å². The summed E-state index contributed by atoms with van der Waals surface area (Å²) in [5.74, 6) is -3.16. The molecule has 0 amide bonds. The maximum absolute atomic E-state index is 11.3. The van der Waals surface area contributed by atoms with Crippen LogP contribution < -0.4 is 21.8 Å². The molecular formula is C24H37IO11P-. The summed E-state index contributed by atoms with van der Waals surface area (Å²) in [6.07, 6.45) is -3.31. The second kappa shape index (κ2) is 19.7. The van der Waals surface area contributed by atoms with Gasteiger partial charge < -0.3 is 45.6 Å². The second-order valence-corrected chi connectivity index (χ2v) is 8.00. The summed E-state index contributed by atoms with van der Waals surface area (Å²) in [4.78, 5) is 21.6. The quantitative estimate of drug-likeness (QED) is 0.0742. The van der Waals surface area contributed by atoms with Gasteiger partial charge in [-0.1, -0.05) is 12.1 Å². The van der Waals surface area contributed by atoms with Gasteiger partial charge in [0.05, 0.1) is 6.10 Å². The van der Waals surface area contributed by atoms with Crippen molar-refractivity contribution in [3.05, 3.63) is 47.5 Å². The summed E-state index contributed by atoms with van der Waals surface area (Å²) in [5.41, 5.74) is 0.976. The van der Waals surface area contributed by atoms with Crippen LogP contribution in [-0.2, 0) is 27.2 Å². The molecule has 2 rings (SSSR count). The van der Waals surface area contributed by atoms with E-state index in [0.29, 0.717) is 11.1 Å². The van der Waals surface area contributed by atoms with E-state index in [9.17, 15) is 19.8 Å². The molecule has 2 aromatic carbocycles. The first-order chi connectivity index (χ1) is 17.5. The Kier molecular flexibility index (Phi) is 18.4. The van der Waals surface area contributed by atoms with Gasteiger partial charge in [0, 0.05) is 18.9 Å². The molecule has 3 unspecified atom stereocenters. The Bertz CT molecular complexity index is 974. The number of aromatic hydroxyl groups is 4. The van der Waals surface area contributed by atoms with Crippen molar-refractivity contribution in [1.29, 1.82) is 0.594 Å². The molecule has 37 heavy (non-hydrogen) atoms. The van der Waals surface area contributed by atoms with Gasteiger partial charge in [0.2, 0.25) is 0 Å². The van der Waals surface area contributed by atoms with E-state index in [1.165, 1.54) is 36.4 Å². The molecule has 11 nitrogen and oxygen atoms in total. The third-order valence-electron chi connectivity index (χ3n) is 3.85. The van der Waals surface area contributed by atoms with Crippen molar-refractivity contribution in [1.82, 2.24) is 0 Å². The Labute approximate surface area is 231 Å². The molecule has 0 spiro atoms. The first-order valence-electron chi connectivity index (χ1n) is 11.2. The molecule has 8 N–H and O–H groups in total. The predicted octanol–water partition coefficient (Wildman–Crippen LogP) is -1.51. The van der Waals surface area contributed by atoms with Crippen LogP contribution in [0.5, 0.6) is 23.0 Å². The van der Waals surface area contributed by atoms with Crippen LogP contribution in [-0.4, -0.2) is 77.8 Å². The van der Waals surface area contributed by atoms with E-state index in [1.807, 2.05) is 0 Å². The molecule has 2 aromatic rings. The fourth-order valence-corrected chi connectivity index (χ4v) is 2.32. The van der Waals surface area contributed by atoms with Crippen LogP contribution in [0.15, 0.2) is 36.4 Å². The zero-order valence-electron chi connectivity index (χ0n) is 21.9. The summed E-state index contributed by atoms with van der Waals surface area (Å²) in [6.45, 7) is 9.18. The van der Waals surface area contributed by atoms with Crippen LogP contribution in [0, 0.1) is 0 Å².